The van der Waals surface area contributed by atoms with Crippen molar-refractivity contribution >= 4 is 17.7 Å². The van der Waals surface area contributed by atoms with Gasteiger partial charge in [0, 0.05) is 50.2 Å². The summed E-state index contributed by atoms with van der Waals surface area (Å²) in [6.07, 6.45) is -2.09. The van der Waals surface area contributed by atoms with Crippen molar-refractivity contribution in [2.75, 3.05) is 55.5 Å². The van der Waals surface area contributed by atoms with Gasteiger partial charge in [0.15, 0.2) is 5.69 Å². The van der Waals surface area contributed by atoms with Crippen LogP contribution in [0.2, 0.25) is 0 Å². The maximum absolute atomic E-state index is 13.6. The number of nitrogens with one attached hydrogen (secondary N) is 1. The highest BCUT2D eigenvalue weighted by Gasteiger charge is 2.37. The van der Waals surface area contributed by atoms with Crippen molar-refractivity contribution < 1.29 is 22.6 Å². The van der Waals surface area contributed by atoms with E-state index < -0.39 is 17.8 Å². The average molecular weight is 425 g/mol. The normalized spacial score (nSPS) is 18.4. The first-order chi connectivity index (χ1) is 14.4. The molecule has 0 saturated carbocycles. The molecule has 4 rings (SSSR count). The van der Waals surface area contributed by atoms with Crippen LogP contribution in [-0.4, -0.2) is 65.5 Å². The lowest BCUT2D eigenvalue weighted by Crippen LogP contribution is -2.37. The number of ether oxygens (including phenoxy) is 2. The van der Waals surface area contributed by atoms with E-state index in [1.54, 1.807) is 0 Å². The summed E-state index contributed by atoms with van der Waals surface area (Å²) in [5.74, 6) is 0.322. The van der Waals surface area contributed by atoms with Gasteiger partial charge in [0.25, 0.3) is 0 Å². The molecule has 3 N–H and O–H groups in total. The van der Waals surface area contributed by atoms with E-state index in [4.69, 9.17) is 15.2 Å². The third kappa shape index (κ3) is 4.70. The number of aromatic nitrogens is 4. The summed E-state index contributed by atoms with van der Waals surface area (Å²) in [5.41, 5.74) is 4.11. The van der Waals surface area contributed by atoms with Gasteiger partial charge in [0.05, 0.1) is 18.9 Å². The van der Waals surface area contributed by atoms with Gasteiger partial charge in [0.1, 0.15) is 5.82 Å². The van der Waals surface area contributed by atoms with Gasteiger partial charge in [-0.1, -0.05) is 0 Å². The molecule has 30 heavy (non-hydrogen) atoms. The Morgan fingerprint density at radius 2 is 1.73 bits per heavy atom. The molecule has 12 heteroatoms. The fourth-order valence-corrected chi connectivity index (χ4v) is 3.40. The number of hydrogen-bond donors (Lipinski definition) is 2. The zero-order valence-electron chi connectivity index (χ0n) is 16.2. The molecule has 9 nitrogen and oxygen atoms in total. The van der Waals surface area contributed by atoms with Crippen LogP contribution in [0.1, 0.15) is 18.5 Å². The van der Waals surface area contributed by atoms with Gasteiger partial charge in [0.2, 0.25) is 11.9 Å². The van der Waals surface area contributed by atoms with Crippen LogP contribution in [0.15, 0.2) is 12.3 Å². The molecule has 2 saturated heterocycles. The zero-order valence-corrected chi connectivity index (χ0v) is 16.2. The number of rotatable bonds is 4. The first kappa shape index (κ1) is 20.5. The Kier molecular flexibility index (Phi) is 5.86. The standard InChI is InChI=1S/C18H22F3N7O2/c19-18(20,21)15-12(10-23-16(22)27-15)13-9-14(24-11-1-5-29-6-2-11)26-17(25-13)28-3-7-30-8-4-28/h9-11H,1-8H2,(H2,22,23,27)(H,24,25,26). The second-order valence-corrected chi connectivity index (χ2v) is 7.06. The second-order valence-electron chi connectivity index (χ2n) is 7.06. The number of hydrogen-bond acceptors (Lipinski definition) is 9. The predicted molar refractivity (Wildman–Crippen MR) is 103 cm³/mol. The van der Waals surface area contributed by atoms with Crippen LogP contribution < -0.4 is 16.0 Å². The van der Waals surface area contributed by atoms with E-state index in [2.05, 4.69) is 25.3 Å². The van der Waals surface area contributed by atoms with Crippen LogP contribution in [0.4, 0.5) is 30.9 Å². The molecule has 2 aliphatic rings. The van der Waals surface area contributed by atoms with Crippen LogP contribution in [0, 0.1) is 0 Å². The first-order valence-electron chi connectivity index (χ1n) is 9.66. The van der Waals surface area contributed by atoms with E-state index in [1.807, 2.05) is 4.90 Å². The van der Waals surface area contributed by atoms with Crippen LogP contribution in [0.5, 0.6) is 0 Å². The van der Waals surface area contributed by atoms with Crippen molar-refractivity contribution in [3.63, 3.8) is 0 Å². The first-order valence-corrected chi connectivity index (χ1v) is 9.66. The maximum Gasteiger partial charge on any atom is 0.434 e. The summed E-state index contributed by atoms with van der Waals surface area (Å²) in [4.78, 5) is 18.0. The molecule has 4 heterocycles. The number of nitrogens with zero attached hydrogens (tertiary/aromatic N) is 5. The number of alkyl halides is 3. The third-order valence-corrected chi connectivity index (χ3v) is 4.93. The number of nitrogens with two attached hydrogens (primary N) is 1. The summed E-state index contributed by atoms with van der Waals surface area (Å²) < 4.78 is 51.5. The molecule has 0 unspecified atom stereocenters. The Hall–Kier alpha value is -2.73. The van der Waals surface area contributed by atoms with Crippen molar-refractivity contribution in [1.29, 1.82) is 0 Å². The Bertz CT molecular complexity index is 885. The third-order valence-electron chi connectivity index (χ3n) is 4.93. The molecule has 2 aliphatic heterocycles. The minimum absolute atomic E-state index is 0.0772. The summed E-state index contributed by atoms with van der Waals surface area (Å²) in [7, 11) is 0. The van der Waals surface area contributed by atoms with E-state index in [1.165, 1.54) is 6.07 Å². The van der Waals surface area contributed by atoms with Crippen LogP contribution in [0.25, 0.3) is 11.3 Å². The smallest absolute Gasteiger partial charge is 0.381 e. The number of nitrogen functional groups attached to an aromatic ring is 1. The van der Waals surface area contributed by atoms with E-state index in [0.717, 1.165) is 19.0 Å². The zero-order chi connectivity index (χ0) is 21.1. The molecule has 162 valence electrons. The molecule has 2 aromatic heterocycles. The summed E-state index contributed by atoms with van der Waals surface area (Å²) in [5, 5.41) is 3.30. The van der Waals surface area contributed by atoms with Gasteiger partial charge in [-0.25, -0.2) is 15.0 Å². The Labute approximate surface area is 170 Å². The minimum Gasteiger partial charge on any atom is -0.381 e. The van der Waals surface area contributed by atoms with Gasteiger partial charge in [-0.3, -0.25) is 0 Å². The molecule has 2 aromatic rings. The van der Waals surface area contributed by atoms with E-state index in [9.17, 15) is 13.2 Å². The highest BCUT2D eigenvalue weighted by atomic mass is 19.4. The van der Waals surface area contributed by atoms with Crippen molar-refractivity contribution in [2.45, 2.75) is 25.1 Å². The lowest BCUT2D eigenvalue weighted by molar-refractivity contribution is -0.140. The molecule has 0 aliphatic carbocycles. The molecule has 2 fully saturated rings. The van der Waals surface area contributed by atoms with Gasteiger partial charge in [-0.05, 0) is 12.8 Å². The van der Waals surface area contributed by atoms with E-state index in [0.29, 0.717) is 51.3 Å². The maximum atomic E-state index is 13.6. The molecule has 0 amide bonds. The second kappa shape index (κ2) is 8.56. The van der Waals surface area contributed by atoms with Crippen LogP contribution >= 0.6 is 0 Å². The fourth-order valence-electron chi connectivity index (χ4n) is 3.40. The van der Waals surface area contributed by atoms with Crippen molar-refractivity contribution in [3.8, 4) is 11.3 Å². The van der Waals surface area contributed by atoms with E-state index >= 15 is 0 Å². The minimum atomic E-state index is -4.70. The SMILES string of the molecule is Nc1ncc(-c2cc(NC3CCOCC3)nc(N3CCOCC3)n2)c(C(F)(F)F)n1. The predicted octanol–water partition coefficient (Wildman–Crippen LogP) is 1.96. The van der Waals surface area contributed by atoms with Crippen molar-refractivity contribution in [3.05, 3.63) is 18.0 Å². The van der Waals surface area contributed by atoms with Gasteiger partial charge >= 0.3 is 6.18 Å². The highest BCUT2D eigenvalue weighted by Crippen LogP contribution is 2.36. The van der Waals surface area contributed by atoms with Crippen LogP contribution in [0.3, 0.4) is 0 Å². The lowest BCUT2D eigenvalue weighted by Gasteiger charge is -2.28. The molecular formula is C18H22F3N7O2. The molecular weight excluding hydrogens is 403 g/mol. The van der Waals surface area contributed by atoms with Crippen LogP contribution in [-0.2, 0) is 15.7 Å². The molecule has 0 aromatic carbocycles. The Balaban J connectivity index is 1.75. The van der Waals surface area contributed by atoms with Gasteiger partial charge in [-0.15, -0.1) is 0 Å². The van der Waals surface area contributed by atoms with Gasteiger partial charge < -0.3 is 25.4 Å². The summed E-state index contributed by atoms with van der Waals surface area (Å²) >= 11 is 0. The van der Waals surface area contributed by atoms with Crippen molar-refractivity contribution in [2.24, 2.45) is 0 Å². The highest BCUT2D eigenvalue weighted by molar-refractivity contribution is 5.67. The summed E-state index contributed by atoms with van der Waals surface area (Å²) in [6, 6.07) is 1.60. The Morgan fingerprint density at radius 1 is 1.03 bits per heavy atom. The number of anilines is 3. The quantitative estimate of drug-likeness (QED) is 0.759. The van der Waals surface area contributed by atoms with E-state index in [-0.39, 0.29) is 17.3 Å². The number of morpholine rings is 1. The number of halogens is 3. The molecule has 0 atom stereocenters. The largest absolute Gasteiger partial charge is 0.434 e. The lowest BCUT2D eigenvalue weighted by atomic mass is 10.1. The Morgan fingerprint density at radius 3 is 2.43 bits per heavy atom. The molecule has 0 bridgehead atoms. The monoisotopic (exact) mass is 425 g/mol. The topological polar surface area (TPSA) is 111 Å². The summed E-state index contributed by atoms with van der Waals surface area (Å²) in [6.45, 7) is 3.32. The van der Waals surface area contributed by atoms with Crippen molar-refractivity contribution in [1.82, 2.24) is 19.9 Å². The molecule has 0 radical (unpaired) electrons. The average Bonchev–Trinajstić information content (AvgIpc) is 2.74. The fraction of sp³-hybridized carbons (Fsp3) is 0.556. The van der Waals surface area contributed by atoms with Gasteiger partial charge in [-0.2, -0.15) is 18.2 Å². The molecule has 0 spiro atoms.